The maximum atomic E-state index is 12.6. The van der Waals surface area contributed by atoms with Gasteiger partial charge < -0.3 is 15.5 Å². The highest BCUT2D eigenvalue weighted by molar-refractivity contribution is 6.04. The number of hydrogen-bond acceptors (Lipinski definition) is 5. The van der Waals surface area contributed by atoms with Crippen molar-refractivity contribution >= 4 is 22.8 Å². The molecule has 140 valence electrons. The molecule has 0 aliphatic carbocycles. The summed E-state index contributed by atoms with van der Waals surface area (Å²) in [6, 6.07) is 14.3. The van der Waals surface area contributed by atoms with E-state index in [1.54, 1.807) is 0 Å². The van der Waals surface area contributed by atoms with Gasteiger partial charge in [0.25, 0.3) is 5.91 Å². The number of carbonyl (C=O) groups excluding carboxylic acids is 1. The number of pyridine rings is 1. The lowest BCUT2D eigenvalue weighted by Crippen LogP contribution is -2.42. The van der Waals surface area contributed by atoms with Crippen LogP contribution in [0.5, 0.6) is 0 Å². The van der Waals surface area contributed by atoms with Gasteiger partial charge in [0.05, 0.1) is 5.39 Å². The fourth-order valence-electron chi connectivity index (χ4n) is 3.44. The number of hydrogen-bond donors (Lipinski definition) is 3. The molecule has 0 saturated carbocycles. The molecule has 1 fully saturated rings. The Morgan fingerprint density at radius 3 is 2.74 bits per heavy atom. The van der Waals surface area contributed by atoms with Gasteiger partial charge in [-0.25, -0.2) is 4.98 Å². The largest absolute Gasteiger partial charge is 0.355 e. The standard InChI is InChI=1S/C20H24N6O/c1-26(13-14-5-3-2-4-6-14)17-8-7-16-18(24-25-19(16)23-17)20(27)22-15-9-11-21-12-10-15/h2-8,15,21H,9-13H2,1H3,(H,22,27)(H,23,24,25). The number of carbonyl (C=O) groups is 1. The van der Waals surface area contributed by atoms with Gasteiger partial charge in [-0.05, 0) is 43.6 Å². The molecule has 3 aromatic rings. The van der Waals surface area contributed by atoms with Gasteiger partial charge in [0, 0.05) is 19.6 Å². The van der Waals surface area contributed by atoms with Crippen LogP contribution >= 0.6 is 0 Å². The van der Waals surface area contributed by atoms with Gasteiger partial charge in [0.15, 0.2) is 11.3 Å². The average molecular weight is 364 g/mol. The lowest BCUT2D eigenvalue weighted by atomic mass is 10.1. The first-order chi connectivity index (χ1) is 13.2. The van der Waals surface area contributed by atoms with E-state index in [0.29, 0.717) is 11.3 Å². The van der Waals surface area contributed by atoms with Crippen molar-refractivity contribution in [3.05, 3.63) is 53.7 Å². The van der Waals surface area contributed by atoms with Gasteiger partial charge in [-0.1, -0.05) is 30.3 Å². The maximum Gasteiger partial charge on any atom is 0.272 e. The molecule has 1 amide bonds. The molecule has 3 heterocycles. The van der Waals surface area contributed by atoms with Crippen LogP contribution < -0.4 is 15.5 Å². The molecule has 1 aliphatic rings. The van der Waals surface area contributed by atoms with Gasteiger partial charge in [0.2, 0.25) is 0 Å². The SMILES string of the molecule is CN(Cc1ccccc1)c1ccc2c(C(=O)NC3CCNCC3)n[nH]c2n1. The Balaban J connectivity index is 1.50. The molecule has 0 unspecified atom stereocenters. The number of aromatic nitrogens is 3. The van der Waals surface area contributed by atoms with Crippen LogP contribution in [0.4, 0.5) is 5.82 Å². The van der Waals surface area contributed by atoms with E-state index in [9.17, 15) is 4.79 Å². The fourth-order valence-corrected chi connectivity index (χ4v) is 3.44. The summed E-state index contributed by atoms with van der Waals surface area (Å²) >= 11 is 0. The van der Waals surface area contributed by atoms with E-state index in [0.717, 1.165) is 43.7 Å². The normalized spacial score (nSPS) is 15.0. The summed E-state index contributed by atoms with van der Waals surface area (Å²) in [6.45, 7) is 2.63. The van der Waals surface area contributed by atoms with Crippen LogP contribution in [0.3, 0.4) is 0 Å². The topological polar surface area (TPSA) is 85.9 Å². The smallest absolute Gasteiger partial charge is 0.272 e. The van der Waals surface area contributed by atoms with Crippen molar-refractivity contribution in [1.29, 1.82) is 0 Å². The molecule has 1 aliphatic heterocycles. The van der Waals surface area contributed by atoms with E-state index in [1.807, 2.05) is 37.4 Å². The number of fused-ring (bicyclic) bond motifs is 1. The number of piperidine rings is 1. The molecule has 0 radical (unpaired) electrons. The fraction of sp³-hybridized carbons (Fsp3) is 0.350. The van der Waals surface area contributed by atoms with Crippen molar-refractivity contribution in [1.82, 2.24) is 25.8 Å². The minimum Gasteiger partial charge on any atom is -0.355 e. The van der Waals surface area contributed by atoms with Crippen molar-refractivity contribution in [3.8, 4) is 0 Å². The molecule has 0 spiro atoms. The third kappa shape index (κ3) is 3.93. The third-order valence-corrected chi connectivity index (χ3v) is 4.95. The Bertz CT molecular complexity index is 917. The van der Waals surface area contributed by atoms with Crippen molar-refractivity contribution in [2.24, 2.45) is 0 Å². The van der Waals surface area contributed by atoms with Crippen LogP contribution in [0.2, 0.25) is 0 Å². The zero-order chi connectivity index (χ0) is 18.6. The Kier molecular flexibility index (Phi) is 5.02. The van der Waals surface area contributed by atoms with Crippen LogP contribution in [-0.4, -0.2) is 47.3 Å². The van der Waals surface area contributed by atoms with Gasteiger partial charge >= 0.3 is 0 Å². The zero-order valence-corrected chi connectivity index (χ0v) is 15.4. The van der Waals surface area contributed by atoms with Crippen molar-refractivity contribution in [3.63, 3.8) is 0 Å². The van der Waals surface area contributed by atoms with Crippen molar-refractivity contribution in [2.45, 2.75) is 25.4 Å². The van der Waals surface area contributed by atoms with E-state index in [4.69, 9.17) is 0 Å². The number of benzene rings is 1. The number of H-pyrrole nitrogens is 1. The number of nitrogens with zero attached hydrogens (tertiary/aromatic N) is 3. The summed E-state index contributed by atoms with van der Waals surface area (Å²) in [7, 11) is 2.00. The van der Waals surface area contributed by atoms with Crippen LogP contribution in [0.25, 0.3) is 11.0 Å². The highest BCUT2D eigenvalue weighted by Gasteiger charge is 2.20. The Morgan fingerprint density at radius 2 is 1.96 bits per heavy atom. The highest BCUT2D eigenvalue weighted by atomic mass is 16.2. The quantitative estimate of drug-likeness (QED) is 0.645. The van der Waals surface area contributed by atoms with Crippen molar-refractivity contribution < 1.29 is 4.79 Å². The second-order valence-corrected chi connectivity index (χ2v) is 6.98. The Hall–Kier alpha value is -2.93. The van der Waals surface area contributed by atoms with E-state index >= 15 is 0 Å². The van der Waals surface area contributed by atoms with E-state index in [2.05, 4.69) is 42.8 Å². The van der Waals surface area contributed by atoms with Crippen molar-refractivity contribution in [2.75, 3.05) is 25.0 Å². The van der Waals surface area contributed by atoms with Gasteiger partial charge in [-0.3, -0.25) is 9.89 Å². The molecule has 7 nitrogen and oxygen atoms in total. The molecule has 0 atom stereocenters. The molecule has 27 heavy (non-hydrogen) atoms. The Labute approximate surface area is 158 Å². The molecular formula is C20H24N6O. The van der Waals surface area contributed by atoms with E-state index in [-0.39, 0.29) is 11.9 Å². The number of aromatic amines is 1. The molecule has 3 N–H and O–H groups in total. The second-order valence-electron chi connectivity index (χ2n) is 6.98. The summed E-state index contributed by atoms with van der Waals surface area (Å²) < 4.78 is 0. The number of anilines is 1. The number of amides is 1. The van der Waals surface area contributed by atoms with E-state index < -0.39 is 0 Å². The summed E-state index contributed by atoms with van der Waals surface area (Å²) in [5.41, 5.74) is 2.25. The summed E-state index contributed by atoms with van der Waals surface area (Å²) in [4.78, 5) is 19.3. The molecule has 1 saturated heterocycles. The van der Waals surface area contributed by atoms with Crippen LogP contribution in [0.15, 0.2) is 42.5 Å². The lowest BCUT2D eigenvalue weighted by molar-refractivity contribution is 0.0926. The van der Waals surface area contributed by atoms with Gasteiger partial charge in [-0.15, -0.1) is 0 Å². The molecular weight excluding hydrogens is 340 g/mol. The Morgan fingerprint density at radius 1 is 1.19 bits per heavy atom. The second kappa shape index (κ2) is 7.75. The monoisotopic (exact) mass is 364 g/mol. The van der Waals surface area contributed by atoms with Gasteiger partial charge in [0.1, 0.15) is 5.82 Å². The molecule has 1 aromatic carbocycles. The molecule has 7 heteroatoms. The summed E-state index contributed by atoms with van der Waals surface area (Å²) in [5, 5.41) is 14.2. The lowest BCUT2D eigenvalue weighted by Gasteiger charge is -2.23. The minimum absolute atomic E-state index is 0.139. The average Bonchev–Trinajstić information content (AvgIpc) is 3.13. The van der Waals surface area contributed by atoms with E-state index in [1.165, 1.54) is 5.56 Å². The minimum atomic E-state index is -0.139. The van der Waals surface area contributed by atoms with Crippen LogP contribution in [0.1, 0.15) is 28.9 Å². The highest BCUT2D eigenvalue weighted by Crippen LogP contribution is 2.20. The van der Waals surface area contributed by atoms with Crippen LogP contribution in [0, 0.1) is 0 Å². The predicted molar refractivity (Wildman–Crippen MR) is 106 cm³/mol. The summed E-state index contributed by atoms with van der Waals surface area (Å²) in [6.07, 6.45) is 1.89. The zero-order valence-electron chi connectivity index (χ0n) is 15.4. The third-order valence-electron chi connectivity index (χ3n) is 4.95. The van der Waals surface area contributed by atoms with Crippen LogP contribution in [-0.2, 0) is 6.54 Å². The number of rotatable bonds is 5. The molecule has 2 aromatic heterocycles. The number of nitrogens with one attached hydrogen (secondary N) is 3. The first kappa shape index (κ1) is 17.5. The first-order valence-corrected chi connectivity index (χ1v) is 9.32. The molecule has 4 rings (SSSR count). The maximum absolute atomic E-state index is 12.6. The first-order valence-electron chi connectivity index (χ1n) is 9.32. The predicted octanol–water partition coefficient (Wildman–Crippen LogP) is 2.08. The molecule has 0 bridgehead atoms. The summed E-state index contributed by atoms with van der Waals surface area (Å²) in [5.74, 6) is 0.695. The van der Waals surface area contributed by atoms with Gasteiger partial charge in [-0.2, -0.15) is 5.10 Å².